The molecule has 0 radical (unpaired) electrons. The van der Waals surface area contributed by atoms with Gasteiger partial charge in [-0.2, -0.15) is 5.10 Å². The molecule has 0 saturated heterocycles. The summed E-state index contributed by atoms with van der Waals surface area (Å²) in [6.07, 6.45) is 3.42. The number of nitrogens with zero attached hydrogens (tertiary/aromatic N) is 2. The summed E-state index contributed by atoms with van der Waals surface area (Å²) >= 11 is 0. The molecule has 1 N–H and O–H groups in total. The van der Waals surface area contributed by atoms with Crippen molar-refractivity contribution >= 4 is 0 Å². The van der Waals surface area contributed by atoms with Crippen LogP contribution in [-0.4, -0.2) is 14.8 Å². The second-order valence-electron chi connectivity index (χ2n) is 2.75. The van der Waals surface area contributed by atoms with Gasteiger partial charge in [0, 0.05) is 18.5 Å². The van der Waals surface area contributed by atoms with E-state index in [4.69, 9.17) is 0 Å². The first-order valence-corrected chi connectivity index (χ1v) is 4.00. The summed E-state index contributed by atoms with van der Waals surface area (Å²) < 4.78 is 1.62. The highest BCUT2D eigenvalue weighted by atomic mass is 16.1. The van der Waals surface area contributed by atoms with Gasteiger partial charge in [-0.15, -0.1) is 0 Å². The Hall–Kier alpha value is -1.84. The zero-order valence-electron chi connectivity index (χ0n) is 6.97. The van der Waals surface area contributed by atoms with Gasteiger partial charge in [0.05, 0.1) is 12.2 Å². The maximum Gasteiger partial charge on any atom is 0.250 e. The van der Waals surface area contributed by atoms with E-state index in [9.17, 15) is 4.79 Å². The molecule has 0 fully saturated rings. The molecule has 0 amide bonds. The number of rotatable bonds is 2. The average Bonchev–Trinajstić information content (AvgIpc) is 2.61. The fraction of sp³-hybridized carbons (Fsp3) is 0.111. The van der Waals surface area contributed by atoms with Gasteiger partial charge in [-0.05, 0) is 12.1 Å². The molecule has 0 spiro atoms. The molecule has 2 aromatic rings. The van der Waals surface area contributed by atoms with Crippen LogP contribution < -0.4 is 5.56 Å². The van der Waals surface area contributed by atoms with Gasteiger partial charge in [0.25, 0.3) is 5.56 Å². The summed E-state index contributed by atoms with van der Waals surface area (Å²) in [5.41, 5.74) is 0.922. The van der Waals surface area contributed by atoms with Gasteiger partial charge in [-0.25, -0.2) is 0 Å². The van der Waals surface area contributed by atoms with E-state index in [1.54, 1.807) is 23.0 Å². The lowest BCUT2D eigenvalue weighted by Gasteiger charge is -2.01. The maximum absolute atomic E-state index is 11.3. The Morgan fingerprint density at radius 1 is 1.38 bits per heavy atom. The van der Waals surface area contributed by atoms with E-state index >= 15 is 0 Å². The Kier molecular flexibility index (Phi) is 1.96. The van der Waals surface area contributed by atoms with Crippen LogP contribution in [0, 0.1) is 0 Å². The first-order chi connectivity index (χ1) is 6.36. The van der Waals surface area contributed by atoms with E-state index in [1.165, 1.54) is 6.07 Å². The monoisotopic (exact) mass is 175 g/mol. The standard InChI is InChI=1S/C9H9N3O/c13-9-3-1-2-6-12(9)7-8-4-5-10-11-8/h1-6H,7H2,(H,10,11). The van der Waals surface area contributed by atoms with E-state index in [-0.39, 0.29) is 5.56 Å². The van der Waals surface area contributed by atoms with Crippen molar-refractivity contribution < 1.29 is 0 Å². The van der Waals surface area contributed by atoms with Gasteiger partial charge in [0.2, 0.25) is 0 Å². The summed E-state index contributed by atoms with van der Waals surface area (Å²) in [6, 6.07) is 6.94. The number of nitrogens with one attached hydrogen (secondary N) is 1. The van der Waals surface area contributed by atoms with Crippen molar-refractivity contribution in [2.24, 2.45) is 0 Å². The van der Waals surface area contributed by atoms with E-state index in [0.717, 1.165) is 5.69 Å². The highest BCUT2D eigenvalue weighted by molar-refractivity contribution is 5.01. The van der Waals surface area contributed by atoms with Crippen molar-refractivity contribution in [2.45, 2.75) is 6.54 Å². The second kappa shape index (κ2) is 3.26. The van der Waals surface area contributed by atoms with Crippen molar-refractivity contribution in [1.82, 2.24) is 14.8 Å². The number of aromatic nitrogens is 3. The van der Waals surface area contributed by atoms with Gasteiger partial charge >= 0.3 is 0 Å². The molecule has 66 valence electrons. The van der Waals surface area contributed by atoms with Gasteiger partial charge in [0.15, 0.2) is 0 Å². The molecule has 2 aromatic heterocycles. The summed E-state index contributed by atoms with van der Waals surface area (Å²) in [4.78, 5) is 11.3. The lowest BCUT2D eigenvalue weighted by Crippen LogP contribution is -2.18. The summed E-state index contributed by atoms with van der Waals surface area (Å²) in [7, 11) is 0. The zero-order chi connectivity index (χ0) is 9.10. The predicted octanol–water partition coefficient (Wildman–Crippen LogP) is 0.620. The molecule has 0 saturated carbocycles. The van der Waals surface area contributed by atoms with Gasteiger partial charge in [-0.3, -0.25) is 9.89 Å². The quantitative estimate of drug-likeness (QED) is 0.727. The van der Waals surface area contributed by atoms with E-state index < -0.39 is 0 Å². The number of pyridine rings is 1. The van der Waals surface area contributed by atoms with Crippen LogP contribution in [0.5, 0.6) is 0 Å². The lowest BCUT2D eigenvalue weighted by atomic mass is 10.4. The average molecular weight is 175 g/mol. The molecular formula is C9H9N3O. The van der Waals surface area contributed by atoms with Crippen molar-refractivity contribution in [1.29, 1.82) is 0 Å². The van der Waals surface area contributed by atoms with Crippen LogP contribution in [0.25, 0.3) is 0 Å². The van der Waals surface area contributed by atoms with Gasteiger partial charge in [0.1, 0.15) is 0 Å². The molecule has 0 aliphatic heterocycles. The predicted molar refractivity (Wildman–Crippen MR) is 48.4 cm³/mol. The molecule has 2 heterocycles. The molecule has 2 rings (SSSR count). The first-order valence-electron chi connectivity index (χ1n) is 4.00. The number of H-pyrrole nitrogens is 1. The molecule has 0 aliphatic carbocycles. The van der Waals surface area contributed by atoms with Crippen LogP contribution in [0.3, 0.4) is 0 Å². The normalized spacial score (nSPS) is 10.2. The molecule has 4 heteroatoms. The molecule has 0 bridgehead atoms. The highest BCUT2D eigenvalue weighted by Crippen LogP contribution is 1.93. The van der Waals surface area contributed by atoms with Crippen molar-refractivity contribution in [3.05, 3.63) is 52.7 Å². The Labute approximate surface area is 74.8 Å². The number of hydrogen-bond acceptors (Lipinski definition) is 2. The molecule has 0 unspecified atom stereocenters. The lowest BCUT2D eigenvalue weighted by molar-refractivity contribution is 0.735. The van der Waals surface area contributed by atoms with Crippen molar-refractivity contribution in [2.75, 3.05) is 0 Å². The van der Waals surface area contributed by atoms with E-state index in [1.807, 2.05) is 12.1 Å². The molecule has 13 heavy (non-hydrogen) atoms. The van der Waals surface area contributed by atoms with Crippen LogP contribution in [0.2, 0.25) is 0 Å². The van der Waals surface area contributed by atoms with Crippen LogP contribution >= 0.6 is 0 Å². The minimum atomic E-state index is -0.00269. The SMILES string of the molecule is O=c1ccccn1Cc1ccn[nH]1. The molecule has 0 aliphatic rings. The molecular weight excluding hydrogens is 166 g/mol. The fourth-order valence-corrected chi connectivity index (χ4v) is 1.15. The Bertz CT molecular complexity index is 430. The van der Waals surface area contributed by atoms with Crippen molar-refractivity contribution in [3.8, 4) is 0 Å². The Morgan fingerprint density at radius 2 is 2.31 bits per heavy atom. The number of aromatic amines is 1. The largest absolute Gasteiger partial charge is 0.310 e. The van der Waals surface area contributed by atoms with E-state index in [0.29, 0.717) is 6.54 Å². The minimum absolute atomic E-state index is 0.00269. The Morgan fingerprint density at radius 3 is 3.00 bits per heavy atom. The zero-order valence-corrected chi connectivity index (χ0v) is 6.97. The fourth-order valence-electron chi connectivity index (χ4n) is 1.15. The van der Waals surface area contributed by atoms with Crippen LogP contribution in [0.15, 0.2) is 41.5 Å². The minimum Gasteiger partial charge on any atom is -0.310 e. The van der Waals surface area contributed by atoms with Gasteiger partial charge in [-0.1, -0.05) is 6.07 Å². The van der Waals surface area contributed by atoms with Gasteiger partial charge < -0.3 is 4.57 Å². The summed E-state index contributed by atoms with van der Waals surface area (Å²) in [5.74, 6) is 0. The van der Waals surface area contributed by atoms with Crippen LogP contribution in [0.1, 0.15) is 5.69 Å². The van der Waals surface area contributed by atoms with E-state index in [2.05, 4.69) is 10.2 Å². The van der Waals surface area contributed by atoms with Crippen LogP contribution in [0.4, 0.5) is 0 Å². The summed E-state index contributed by atoms with van der Waals surface area (Å²) in [6.45, 7) is 0.541. The summed E-state index contributed by atoms with van der Waals surface area (Å²) in [5, 5.41) is 6.61. The molecule has 0 aromatic carbocycles. The molecule has 0 atom stereocenters. The number of hydrogen-bond donors (Lipinski definition) is 1. The highest BCUT2D eigenvalue weighted by Gasteiger charge is 1.96. The first kappa shape index (κ1) is 7.79. The van der Waals surface area contributed by atoms with Crippen molar-refractivity contribution in [3.63, 3.8) is 0 Å². The third-order valence-electron chi connectivity index (χ3n) is 1.80. The Balaban J connectivity index is 2.29. The molecule has 4 nitrogen and oxygen atoms in total. The second-order valence-corrected chi connectivity index (χ2v) is 2.75. The smallest absolute Gasteiger partial charge is 0.250 e. The third-order valence-corrected chi connectivity index (χ3v) is 1.80. The topological polar surface area (TPSA) is 50.7 Å². The van der Waals surface area contributed by atoms with Crippen LogP contribution in [-0.2, 0) is 6.54 Å². The maximum atomic E-state index is 11.3. The third kappa shape index (κ3) is 1.66.